The molecule has 3 aliphatic rings. The number of amides is 3. The van der Waals surface area contributed by atoms with Crippen molar-refractivity contribution in [1.29, 1.82) is 0 Å². The molecule has 0 saturated carbocycles. The summed E-state index contributed by atoms with van der Waals surface area (Å²) in [5.41, 5.74) is 25.5. The Balaban J connectivity index is 0.000000268. The van der Waals surface area contributed by atoms with E-state index in [4.69, 9.17) is 16.6 Å². The number of β-amino-alcohol motifs (C(OH)–C–C–N with tert-alkyl or cyclic N) is 3. The number of nitrogens with zero attached hydrogens (tertiary/aromatic N) is 6. The third kappa shape index (κ3) is 31.6. The molecular weight excluding hydrogens is 1530 g/mol. The fourth-order valence-corrected chi connectivity index (χ4v) is 17.6. The number of carboxylic acids is 1. The number of aliphatic hydroxyl groups is 3. The number of aliphatic carboxylic acids is 1. The molecule has 3 aromatic heterocycles. The van der Waals surface area contributed by atoms with E-state index in [1.807, 2.05) is 136 Å². The van der Waals surface area contributed by atoms with Crippen LogP contribution in [0.25, 0.3) is 31.3 Å². The van der Waals surface area contributed by atoms with Gasteiger partial charge in [0.25, 0.3) is 0 Å². The first-order valence-corrected chi connectivity index (χ1v) is 45.2. The Hall–Kier alpha value is -7.42. The predicted octanol–water partition coefficient (Wildman–Crippen LogP) is 16.7. The molecule has 8 N–H and O–H groups in total. The second kappa shape index (κ2) is 48.1. The van der Waals surface area contributed by atoms with Crippen molar-refractivity contribution in [3.63, 3.8) is 0 Å². The van der Waals surface area contributed by atoms with Crippen molar-refractivity contribution in [2.45, 2.75) is 313 Å². The number of hydrogen-bond acceptors (Lipinski definition) is 20. The molecule has 9 rings (SSSR count). The lowest BCUT2D eigenvalue weighted by Gasteiger charge is -2.34. The standard InChI is InChI=1S/C34H50N2O4S.C33H49N3O4S.C23H31N3O3S.C3H6O2/c1-6-7-8-9-10-11-12-13-27(37)20-29(34(3,4)5)33(40)36-22-28(38)21-30(36)31(39)19-16-25-14-17-26(18-15-25)32-24(2)35-23-41-32;1-23-31(41-22-35-23)25-15-12-24(13-16-25)14-17-30(39)29-20-27(38)21-36(29)32(40)28(33(2,3)4)19-26(37)11-9-7-5-6-8-10-18-34;1-14-20(30-13-25-14)16-8-5-15(6-9-16)7-10-19(28)18-11-17(27)12-26(18)22(29)21(24)23(2,3)4;1-2-3(4)5/h14-15,17-18,23,28-30,38H,6-13,16,19-22H2,1-5H3;12-13,15-16,22,27-29,38H,5-11,14,17-21,34H2,1-4H3;5-6,8-9,13,17-18,21,27H,7,10-12,24H2,1-4H3;2H2,1H3,(H,4,5)/t28-,29-,30+;27-,28-,29+;17-,18+,21-;/m111./s1. The summed E-state index contributed by atoms with van der Waals surface area (Å²) in [6.45, 7) is 28.5. The number of unbranched alkanes of at least 4 members (excludes halogenated alkanes) is 11. The normalized spacial score (nSPS) is 18.2. The van der Waals surface area contributed by atoms with E-state index in [9.17, 15) is 58.5 Å². The topological polar surface area (TPSA) is 335 Å². The molecule has 21 nitrogen and oxygen atoms in total. The van der Waals surface area contributed by atoms with Gasteiger partial charge in [0.2, 0.25) is 17.7 Å². The number of carbonyl (C=O) groups excluding carboxylic acids is 8. The van der Waals surface area contributed by atoms with E-state index in [0.29, 0.717) is 51.4 Å². The molecule has 24 heteroatoms. The molecule has 3 aliphatic heterocycles. The van der Waals surface area contributed by atoms with Crippen molar-refractivity contribution in [2.75, 3.05) is 26.2 Å². The van der Waals surface area contributed by atoms with Gasteiger partial charge in [-0.1, -0.05) is 213 Å². The quantitative estimate of drug-likeness (QED) is 0.0195. The fourth-order valence-electron chi connectivity index (χ4n) is 15.2. The largest absolute Gasteiger partial charge is 0.481 e. The fraction of sp³-hybridized carbons (Fsp3) is 0.613. The molecule has 0 radical (unpaired) electrons. The number of benzene rings is 3. The van der Waals surface area contributed by atoms with E-state index in [1.165, 1.54) is 30.6 Å². The molecule has 6 heterocycles. The summed E-state index contributed by atoms with van der Waals surface area (Å²) < 4.78 is 0. The number of carboxylic acid groups (broad SMARTS) is 1. The molecule has 117 heavy (non-hydrogen) atoms. The number of aryl methyl sites for hydroxylation is 6. The minimum absolute atomic E-state index is 0.0246. The van der Waals surface area contributed by atoms with Crippen molar-refractivity contribution >= 4 is 86.6 Å². The summed E-state index contributed by atoms with van der Waals surface area (Å²) >= 11 is 4.84. The van der Waals surface area contributed by atoms with Crippen molar-refractivity contribution in [3.05, 3.63) is 123 Å². The maximum atomic E-state index is 13.8. The second-order valence-corrected chi connectivity index (χ2v) is 38.0. The van der Waals surface area contributed by atoms with Crippen LogP contribution in [0.4, 0.5) is 0 Å². The number of aliphatic hydroxyl groups excluding tert-OH is 3. The highest BCUT2D eigenvalue weighted by atomic mass is 32.1. The zero-order chi connectivity index (χ0) is 86.3. The van der Waals surface area contributed by atoms with Gasteiger partial charge in [0, 0.05) is 102 Å². The van der Waals surface area contributed by atoms with Crippen LogP contribution in [0.5, 0.6) is 0 Å². The molecule has 644 valence electrons. The van der Waals surface area contributed by atoms with Gasteiger partial charge in [-0.15, -0.1) is 34.0 Å². The first kappa shape index (κ1) is 98.4. The summed E-state index contributed by atoms with van der Waals surface area (Å²) in [6.07, 6.45) is 17.2. The number of rotatable bonds is 39. The Bertz CT molecular complexity index is 3930. The predicted molar refractivity (Wildman–Crippen MR) is 470 cm³/mol. The van der Waals surface area contributed by atoms with Crippen LogP contribution in [0.15, 0.2) is 89.3 Å². The molecule has 0 aliphatic carbocycles. The van der Waals surface area contributed by atoms with Crippen LogP contribution in [0.2, 0.25) is 0 Å². The average molecular weight is 1670 g/mol. The zero-order valence-electron chi connectivity index (χ0n) is 72.3. The highest BCUT2D eigenvalue weighted by molar-refractivity contribution is 7.14. The number of nitrogens with two attached hydrogens (primary N) is 2. The maximum Gasteiger partial charge on any atom is 0.303 e. The molecule has 0 spiro atoms. The monoisotopic (exact) mass is 1670 g/mol. The summed E-state index contributed by atoms with van der Waals surface area (Å²) in [6, 6.07) is 22.0. The molecular formula is C93H136N8O13S3. The van der Waals surface area contributed by atoms with Crippen LogP contribution in [0.1, 0.15) is 264 Å². The van der Waals surface area contributed by atoms with Gasteiger partial charge in [0.05, 0.1) is 90.7 Å². The number of ketones is 5. The number of carbonyl (C=O) groups is 9. The molecule has 0 unspecified atom stereocenters. The van der Waals surface area contributed by atoms with E-state index in [-0.39, 0.29) is 105 Å². The SMILES string of the molecule is CCC(=O)O.CCCCCCCCCC(=O)C[C@H](C(=O)N1C[C@H](O)C[C@H]1C(=O)CCc1ccc(-c2scnc2C)cc1)C(C)(C)C.Cc1ncsc1-c1ccc(CCC(=O)[C@@H]2C[C@@H](O)CN2C(=O)[C@@H](CC(=O)CCCCCCCCN)C(C)(C)C)cc1.Cc1ncsc1-c1ccc(CCC(=O)[C@@H]2C[C@@H](O)CN2C(=O)[C@@H](N)C(C)(C)C)cc1. The third-order valence-electron chi connectivity index (χ3n) is 22.7. The summed E-state index contributed by atoms with van der Waals surface area (Å²) in [5.74, 6) is -2.28. The lowest BCUT2D eigenvalue weighted by atomic mass is 9.76. The van der Waals surface area contributed by atoms with Gasteiger partial charge in [-0.3, -0.25) is 43.2 Å². The highest BCUT2D eigenvalue weighted by Gasteiger charge is 2.47. The number of hydrogen-bond donors (Lipinski definition) is 6. The van der Waals surface area contributed by atoms with Crippen molar-refractivity contribution in [3.8, 4) is 31.3 Å². The van der Waals surface area contributed by atoms with Crippen LogP contribution >= 0.6 is 34.0 Å². The maximum absolute atomic E-state index is 13.8. The second-order valence-electron chi connectivity index (χ2n) is 35.4. The van der Waals surface area contributed by atoms with Crippen LogP contribution in [-0.4, -0.2) is 171 Å². The smallest absolute Gasteiger partial charge is 0.303 e. The van der Waals surface area contributed by atoms with Gasteiger partial charge in [0.15, 0.2) is 17.3 Å². The van der Waals surface area contributed by atoms with Crippen molar-refractivity contribution in [1.82, 2.24) is 29.7 Å². The Kier molecular flexibility index (Phi) is 40.5. The number of thiazole rings is 3. The van der Waals surface area contributed by atoms with E-state index in [0.717, 1.165) is 129 Å². The van der Waals surface area contributed by atoms with Crippen LogP contribution in [0, 0.1) is 48.9 Å². The highest BCUT2D eigenvalue weighted by Crippen LogP contribution is 2.38. The van der Waals surface area contributed by atoms with Crippen molar-refractivity contribution in [2.24, 2.45) is 39.5 Å². The molecule has 3 amide bonds. The van der Waals surface area contributed by atoms with Gasteiger partial charge in [-0.05, 0) is 115 Å². The Labute approximate surface area is 708 Å². The summed E-state index contributed by atoms with van der Waals surface area (Å²) in [5, 5.41) is 38.7. The molecule has 3 aromatic carbocycles. The van der Waals surface area contributed by atoms with E-state index >= 15 is 0 Å². The molecule has 9 atom stereocenters. The van der Waals surface area contributed by atoms with Crippen LogP contribution in [0.3, 0.4) is 0 Å². The van der Waals surface area contributed by atoms with E-state index in [2.05, 4.69) is 58.3 Å². The van der Waals surface area contributed by atoms with Crippen LogP contribution in [-0.2, 0) is 62.4 Å². The number of aromatic nitrogens is 3. The number of likely N-dealkylation sites (tertiary alicyclic amines) is 3. The first-order valence-electron chi connectivity index (χ1n) is 42.6. The van der Waals surface area contributed by atoms with Gasteiger partial charge in [0.1, 0.15) is 11.6 Å². The van der Waals surface area contributed by atoms with Crippen molar-refractivity contribution < 1.29 is 63.6 Å². The molecule has 3 fully saturated rings. The summed E-state index contributed by atoms with van der Waals surface area (Å²) in [4.78, 5) is 136. The zero-order valence-corrected chi connectivity index (χ0v) is 74.8. The Morgan fingerprint density at radius 1 is 0.427 bits per heavy atom. The molecule has 3 saturated heterocycles. The lowest BCUT2D eigenvalue weighted by Crippen LogP contribution is -2.53. The minimum Gasteiger partial charge on any atom is -0.481 e. The Morgan fingerprint density at radius 2 is 0.709 bits per heavy atom. The average Bonchev–Trinajstić information content (AvgIpc) is 1.71. The molecule has 6 aromatic rings. The van der Waals surface area contributed by atoms with Gasteiger partial charge >= 0.3 is 5.97 Å². The van der Waals surface area contributed by atoms with Gasteiger partial charge in [-0.25, -0.2) is 15.0 Å². The van der Waals surface area contributed by atoms with Crippen LogP contribution < -0.4 is 11.5 Å². The van der Waals surface area contributed by atoms with Gasteiger partial charge in [-0.2, -0.15) is 0 Å². The number of Topliss-reactive ketones (excluding diaryl/α,β-unsaturated/α-hetero) is 5. The van der Waals surface area contributed by atoms with E-state index < -0.39 is 76.5 Å². The third-order valence-corrected chi connectivity index (χ3v) is 25.6. The first-order chi connectivity index (χ1) is 55.4. The van der Waals surface area contributed by atoms with E-state index in [1.54, 1.807) is 50.7 Å². The summed E-state index contributed by atoms with van der Waals surface area (Å²) in [7, 11) is 0. The lowest BCUT2D eigenvalue weighted by molar-refractivity contribution is -0.146. The Morgan fingerprint density at radius 3 is 0.966 bits per heavy atom. The minimum atomic E-state index is -0.745. The molecule has 0 bridgehead atoms. The van der Waals surface area contributed by atoms with Gasteiger partial charge < -0.3 is 46.6 Å².